The lowest BCUT2D eigenvalue weighted by atomic mass is 10.1. The maximum Gasteiger partial charge on any atom is 0.0957 e. The zero-order chi connectivity index (χ0) is 12.4. The van der Waals surface area contributed by atoms with Gasteiger partial charge in [-0.15, -0.1) is 11.3 Å². The summed E-state index contributed by atoms with van der Waals surface area (Å²) >= 11 is 7.31. The molecule has 0 fully saturated rings. The average molecular weight is 424 g/mol. The summed E-state index contributed by atoms with van der Waals surface area (Å²) in [5, 5.41) is 13.2. The van der Waals surface area contributed by atoms with Crippen LogP contribution in [-0.4, -0.2) is 10.1 Å². The van der Waals surface area contributed by atoms with E-state index < -0.39 is 6.10 Å². The van der Waals surface area contributed by atoms with Gasteiger partial charge in [-0.05, 0) is 53.3 Å². The Morgan fingerprint density at radius 2 is 2.29 bits per heavy atom. The van der Waals surface area contributed by atoms with Gasteiger partial charge in [0, 0.05) is 25.5 Å². The van der Waals surface area contributed by atoms with E-state index >= 15 is 0 Å². The van der Waals surface area contributed by atoms with Gasteiger partial charge in [-0.1, -0.05) is 15.9 Å². The Labute approximate surface area is 126 Å². The van der Waals surface area contributed by atoms with Crippen LogP contribution in [0.25, 0.3) is 0 Å². The number of hydrogen-bond acceptors (Lipinski definition) is 3. The number of nitrogens with zero attached hydrogens (tertiary/aromatic N) is 1. The van der Waals surface area contributed by atoms with E-state index in [-0.39, 0.29) is 0 Å². The molecule has 0 aliphatic carbocycles. The minimum Gasteiger partial charge on any atom is -0.388 e. The monoisotopic (exact) mass is 423 g/mol. The highest BCUT2D eigenvalue weighted by Crippen LogP contribution is 2.28. The Bertz CT molecular complexity index is 529. The van der Waals surface area contributed by atoms with Crippen molar-refractivity contribution in [3.8, 4) is 0 Å². The third kappa shape index (κ3) is 3.49. The second kappa shape index (κ2) is 5.77. The number of aromatic nitrogens is 1. The highest BCUT2D eigenvalue weighted by atomic mass is 127. The Hall–Kier alpha value is 0.0200. The van der Waals surface area contributed by atoms with Crippen LogP contribution in [0.2, 0.25) is 0 Å². The molecule has 0 spiro atoms. The van der Waals surface area contributed by atoms with Gasteiger partial charge in [0.1, 0.15) is 0 Å². The smallest absolute Gasteiger partial charge is 0.0957 e. The molecule has 2 nitrogen and oxygen atoms in total. The van der Waals surface area contributed by atoms with Crippen LogP contribution < -0.4 is 0 Å². The van der Waals surface area contributed by atoms with Gasteiger partial charge in [0.05, 0.1) is 11.1 Å². The SMILES string of the molecule is Cc1csc(CC(O)c2cc(I)ccc2Br)n1. The Morgan fingerprint density at radius 3 is 2.94 bits per heavy atom. The molecule has 0 radical (unpaired) electrons. The van der Waals surface area contributed by atoms with Gasteiger partial charge in [0.15, 0.2) is 0 Å². The molecule has 0 aliphatic heterocycles. The number of aliphatic hydroxyl groups is 1. The summed E-state index contributed by atoms with van der Waals surface area (Å²) in [5.74, 6) is 0. The lowest BCUT2D eigenvalue weighted by molar-refractivity contribution is 0.177. The summed E-state index contributed by atoms with van der Waals surface area (Å²) in [7, 11) is 0. The van der Waals surface area contributed by atoms with E-state index in [1.54, 1.807) is 11.3 Å². The molecule has 0 saturated heterocycles. The van der Waals surface area contributed by atoms with Gasteiger partial charge >= 0.3 is 0 Å². The molecule has 0 bridgehead atoms. The number of rotatable bonds is 3. The van der Waals surface area contributed by atoms with Gasteiger partial charge < -0.3 is 5.11 Å². The zero-order valence-electron chi connectivity index (χ0n) is 9.15. The summed E-state index contributed by atoms with van der Waals surface area (Å²) in [6.07, 6.45) is 0.0571. The fourth-order valence-electron chi connectivity index (χ4n) is 1.54. The molecule has 1 heterocycles. The zero-order valence-corrected chi connectivity index (χ0v) is 13.7. The van der Waals surface area contributed by atoms with Crippen LogP contribution in [-0.2, 0) is 6.42 Å². The predicted octanol–water partition coefficient (Wildman–Crippen LogP) is 4.09. The summed E-state index contributed by atoms with van der Waals surface area (Å²) in [6, 6.07) is 5.97. The Balaban J connectivity index is 2.19. The van der Waals surface area contributed by atoms with Crippen molar-refractivity contribution < 1.29 is 5.11 Å². The van der Waals surface area contributed by atoms with Crippen LogP contribution in [0.15, 0.2) is 28.1 Å². The highest BCUT2D eigenvalue weighted by Gasteiger charge is 2.14. The Kier molecular flexibility index (Phi) is 4.57. The quantitative estimate of drug-likeness (QED) is 0.754. The van der Waals surface area contributed by atoms with Gasteiger partial charge in [0.25, 0.3) is 0 Å². The van der Waals surface area contributed by atoms with Crippen molar-refractivity contribution in [3.05, 3.63) is 47.9 Å². The number of aliphatic hydroxyl groups excluding tert-OH is 1. The molecule has 1 aromatic heterocycles. The van der Waals surface area contributed by atoms with Gasteiger partial charge in [-0.3, -0.25) is 0 Å². The molecule has 2 aromatic rings. The first kappa shape index (κ1) is 13.5. The summed E-state index contributed by atoms with van der Waals surface area (Å²) in [4.78, 5) is 4.37. The first-order valence-electron chi connectivity index (χ1n) is 5.10. The fraction of sp³-hybridized carbons (Fsp3) is 0.250. The van der Waals surface area contributed by atoms with Crippen LogP contribution in [0.5, 0.6) is 0 Å². The number of benzene rings is 1. The topological polar surface area (TPSA) is 33.1 Å². The lowest BCUT2D eigenvalue weighted by Crippen LogP contribution is -2.03. The van der Waals surface area contributed by atoms with Gasteiger partial charge in [0.2, 0.25) is 0 Å². The van der Waals surface area contributed by atoms with E-state index in [0.29, 0.717) is 6.42 Å². The Morgan fingerprint density at radius 1 is 1.53 bits per heavy atom. The molecule has 90 valence electrons. The average Bonchev–Trinajstić information content (AvgIpc) is 2.67. The molecular weight excluding hydrogens is 413 g/mol. The molecule has 1 aromatic carbocycles. The van der Waals surface area contributed by atoms with E-state index in [1.165, 1.54) is 0 Å². The first-order valence-corrected chi connectivity index (χ1v) is 7.85. The largest absolute Gasteiger partial charge is 0.388 e. The van der Waals surface area contributed by atoms with Crippen molar-refractivity contribution in [1.29, 1.82) is 0 Å². The normalized spacial score (nSPS) is 12.7. The second-order valence-corrected chi connectivity index (χ2v) is 6.81. The molecule has 1 unspecified atom stereocenters. The third-order valence-electron chi connectivity index (χ3n) is 2.35. The van der Waals surface area contributed by atoms with Crippen LogP contribution in [0.1, 0.15) is 22.4 Å². The molecule has 1 N–H and O–H groups in total. The predicted molar refractivity (Wildman–Crippen MR) is 82.4 cm³/mol. The van der Waals surface area contributed by atoms with Gasteiger partial charge in [-0.2, -0.15) is 0 Å². The molecule has 0 aliphatic rings. The number of hydrogen-bond donors (Lipinski definition) is 1. The summed E-state index contributed by atoms with van der Waals surface area (Å²) in [5.41, 5.74) is 1.93. The van der Waals surface area contributed by atoms with Gasteiger partial charge in [-0.25, -0.2) is 4.98 Å². The first-order chi connectivity index (χ1) is 8.06. The minimum atomic E-state index is -0.510. The van der Waals surface area contributed by atoms with E-state index in [2.05, 4.69) is 43.5 Å². The van der Waals surface area contributed by atoms with Crippen LogP contribution >= 0.6 is 49.9 Å². The highest BCUT2D eigenvalue weighted by molar-refractivity contribution is 14.1. The standard InChI is InChI=1S/C12H11BrINOS/c1-7-6-17-12(15-7)5-11(16)9-4-8(14)2-3-10(9)13/h2-4,6,11,16H,5H2,1H3. The van der Waals surface area contributed by atoms with Crippen molar-refractivity contribution in [2.24, 2.45) is 0 Å². The van der Waals surface area contributed by atoms with E-state index in [4.69, 9.17) is 0 Å². The van der Waals surface area contributed by atoms with Crippen LogP contribution in [0.3, 0.4) is 0 Å². The number of thiazole rings is 1. The molecular formula is C12H11BrINOS. The van der Waals surface area contributed by atoms with E-state index in [1.807, 2.05) is 30.5 Å². The van der Waals surface area contributed by atoms with Crippen molar-refractivity contribution in [2.75, 3.05) is 0 Å². The number of halogens is 2. The molecule has 0 amide bonds. The molecule has 17 heavy (non-hydrogen) atoms. The van der Waals surface area contributed by atoms with Crippen LogP contribution in [0.4, 0.5) is 0 Å². The number of aryl methyl sites for hydroxylation is 1. The van der Waals surface area contributed by atoms with Crippen molar-refractivity contribution in [3.63, 3.8) is 0 Å². The lowest BCUT2D eigenvalue weighted by Gasteiger charge is -2.11. The minimum absolute atomic E-state index is 0.510. The molecule has 2 rings (SSSR count). The molecule has 0 saturated carbocycles. The van der Waals surface area contributed by atoms with Crippen molar-refractivity contribution in [1.82, 2.24) is 4.98 Å². The maximum absolute atomic E-state index is 10.2. The second-order valence-electron chi connectivity index (χ2n) is 3.77. The van der Waals surface area contributed by atoms with Crippen molar-refractivity contribution in [2.45, 2.75) is 19.4 Å². The third-order valence-corrected chi connectivity index (χ3v) is 4.73. The van der Waals surface area contributed by atoms with E-state index in [9.17, 15) is 5.11 Å². The van der Waals surface area contributed by atoms with E-state index in [0.717, 1.165) is 24.3 Å². The van der Waals surface area contributed by atoms with Crippen molar-refractivity contribution >= 4 is 49.9 Å². The summed E-state index contributed by atoms with van der Waals surface area (Å²) in [6.45, 7) is 1.97. The van der Waals surface area contributed by atoms with Crippen LogP contribution in [0, 0.1) is 10.5 Å². The molecule has 5 heteroatoms. The summed E-state index contributed by atoms with van der Waals surface area (Å²) < 4.78 is 2.06. The molecule has 1 atom stereocenters. The fourth-order valence-corrected chi connectivity index (χ4v) is 3.38. The maximum atomic E-state index is 10.2.